The predicted molar refractivity (Wildman–Crippen MR) is 166 cm³/mol. The molecule has 5 atom stereocenters. The minimum atomic E-state index is -1.09. The number of amides is 3. The number of morpholine rings is 1. The second-order valence-corrected chi connectivity index (χ2v) is 12.7. The Morgan fingerprint density at radius 3 is 2.41 bits per heavy atom. The molecule has 1 N–H and O–H groups in total. The molecule has 44 heavy (non-hydrogen) atoms. The second-order valence-electron chi connectivity index (χ2n) is 12.7. The summed E-state index contributed by atoms with van der Waals surface area (Å²) in [6.07, 6.45) is 5.61. The van der Waals surface area contributed by atoms with E-state index in [1.54, 1.807) is 26.9 Å². The molecule has 10 heteroatoms. The number of unbranched alkanes of at least 4 members (excludes halogenated alkanes) is 1. The SMILES string of the molecule is C=CCN(CCN1CCOCC1)C(=O)C1N(CCCCO)C(=O)[C@@H]2[C@H](C(=O)N(CC=C)Cc3ccccc3)[C@]3(C)CCC12O3. The second kappa shape index (κ2) is 13.9. The van der Waals surface area contributed by atoms with E-state index in [4.69, 9.17) is 9.47 Å². The third kappa shape index (κ3) is 6.09. The van der Waals surface area contributed by atoms with Crippen molar-refractivity contribution in [3.8, 4) is 0 Å². The van der Waals surface area contributed by atoms with E-state index in [2.05, 4.69) is 18.1 Å². The van der Waals surface area contributed by atoms with E-state index in [-0.39, 0.29) is 24.3 Å². The Balaban J connectivity index is 1.46. The molecular weight excluding hydrogens is 560 g/mol. The number of carbonyl (C=O) groups is 3. The molecule has 0 radical (unpaired) electrons. The van der Waals surface area contributed by atoms with Crippen molar-refractivity contribution >= 4 is 17.7 Å². The number of hydrogen-bond acceptors (Lipinski definition) is 7. The lowest BCUT2D eigenvalue weighted by atomic mass is 9.66. The number of fused-ring (bicyclic) bond motifs is 1. The Morgan fingerprint density at radius 1 is 1.02 bits per heavy atom. The summed E-state index contributed by atoms with van der Waals surface area (Å²) in [5.41, 5.74) is -0.961. The van der Waals surface area contributed by atoms with Gasteiger partial charge >= 0.3 is 0 Å². The molecule has 0 aromatic heterocycles. The highest BCUT2D eigenvalue weighted by Gasteiger charge is 2.78. The summed E-state index contributed by atoms with van der Waals surface area (Å²) >= 11 is 0. The molecule has 5 rings (SSSR count). The topological polar surface area (TPSA) is 103 Å². The Morgan fingerprint density at radius 2 is 1.73 bits per heavy atom. The first kappa shape index (κ1) is 32.3. The van der Waals surface area contributed by atoms with Crippen molar-refractivity contribution in [3.05, 3.63) is 61.2 Å². The van der Waals surface area contributed by atoms with Crippen LogP contribution in [0.15, 0.2) is 55.6 Å². The van der Waals surface area contributed by atoms with Gasteiger partial charge in [0, 0.05) is 59.0 Å². The molecule has 4 aliphatic heterocycles. The maximum Gasteiger partial charge on any atom is 0.248 e. The fourth-order valence-electron chi connectivity index (χ4n) is 7.81. The molecule has 2 bridgehead atoms. The zero-order valence-corrected chi connectivity index (χ0v) is 26.1. The molecule has 1 aromatic carbocycles. The first-order chi connectivity index (χ1) is 21.3. The van der Waals surface area contributed by atoms with Crippen LogP contribution < -0.4 is 0 Å². The van der Waals surface area contributed by atoms with Crippen LogP contribution in [0.3, 0.4) is 0 Å². The minimum absolute atomic E-state index is 0.00301. The fraction of sp³-hybridized carbons (Fsp3) is 0.618. The maximum atomic E-state index is 14.6. The van der Waals surface area contributed by atoms with Crippen molar-refractivity contribution in [3.63, 3.8) is 0 Å². The number of ether oxygens (including phenoxy) is 2. The third-order valence-corrected chi connectivity index (χ3v) is 9.91. The van der Waals surface area contributed by atoms with Crippen LogP contribution in [0.1, 0.15) is 38.2 Å². The van der Waals surface area contributed by atoms with Gasteiger partial charge in [-0.25, -0.2) is 0 Å². The lowest BCUT2D eigenvalue weighted by Crippen LogP contribution is -2.57. The van der Waals surface area contributed by atoms with E-state index >= 15 is 0 Å². The van der Waals surface area contributed by atoms with Gasteiger partial charge in [0.15, 0.2) is 0 Å². The van der Waals surface area contributed by atoms with Crippen LogP contribution in [0, 0.1) is 11.8 Å². The van der Waals surface area contributed by atoms with E-state index in [0.29, 0.717) is 78.2 Å². The van der Waals surface area contributed by atoms with Crippen LogP contribution in [0.25, 0.3) is 0 Å². The van der Waals surface area contributed by atoms with Crippen molar-refractivity contribution in [1.29, 1.82) is 0 Å². The van der Waals surface area contributed by atoms with E-state index in [1.165, 1.54) is 0 Å². The average molecular weight is 609 g/mol. The molecule has 4 fully saturated rings. The summed E-state index contributed by atoms with van der Waals surface area (Å²) in [7, 11) is 0. The molecule has 1 aromatic rings. The van der Waals surface area contributed by atoms with Crippen LogP contribution in [-0.4, -0.2) is 125 Å². The van der Waals surface area contributed by atoms with Gasteiger partial charge in [-0.3, -0.25) is 19.3 Å². The zero-order valence-electron chi connectivity index (χ0n) is 26.1. The van der Waals surface area contributed by atoms with Crippen molar-refractivity contribution in [2.45, 2.75) is 56.4 Å². The van der Waals surface area contributed by atoms with Crippen molar-refractivity contribution < 1.29 is 29.0 Å². The number of likely N-dealkylation sites (tertiary alicyclic amines) is 1. The van der Waals surface area contributed by atoms with E-state index in [1.807, 2.05) is 37.3 Å². The molecule has 4 heterocycles. The molecule has 4 aliphatic rings. The summed E-state index contributed by atoms with van der Waals surface area (Å²) in [4.78, 5) is 50.9. The molecule has 10 nitrogen and oxygen atoms in total. The van der Waals surface area contributed by atoms with Gasteiger partial charge in [0.2, 0.25) is 17.7 Å². The highest BCUT2D eigenvalue weighted by Crippen LogP contribution is 2.63. The maximum absolute atomic E-state index is 14.6. The lowest BCUT2D eigenvalue weighted by molar-refractivity contribution is -0.153. The van der Waals surface area contributed by atoms with Crippen LogP contribution in [0.4, 0.5) is 0 Å². The summed E-state index contributed by atoms with van der Waals surface area (Å²) in [5.74, 6) is -1.98. The predicted octanol–water partition coefficient (Wildman–Crippen LogP) is 2.09. The average Bonchev–Trinajstić information content (AvgIpc) is 3.60. The smallest absolute Gasteiger partial charge is 0.248 e. The van der Waals surface area contributed by atoms with Crippen molar-refractivity contribution in [2.24, 2.45) is 11.8 Å². The van der Waals surface area contributed by atoms with Crippen LogP contribution in [0.5, 0.6) is 0 Å². The Bertz CT molecular complexity index is 1210. The number of nitrogens with zero attached hydrogens (tertiary/aromatic N) is 4. The van der Waals surface area contributed by atoms with Gasteiger partial charge in [-0.1, -0.05) is 42.5 Å². The number of aliphatic hydroxyl groups is 1. The molecule has 0 saturated carbocycles. The number of rotatable bonds is 15. The molecule has 2 unspecified atom stereocenters. The summed E-state index contributed by atoms with van der Waals surface area (Å²) in [5, 5.41) is 9.49. The summed E-state index contributed by atoms with van der Waals surface area (Å²) in [6, 6.07) is 8.94. The third-order valence-electron chi connectivity index (χ3n) is 9.91. The van der Waals surface area contributed by atoms with Crippen molar-refractivity contribution in [1.82, 2.24) is 19.6 Å². The number of hydrogen-bond donors (Lipinski definition) is 1. The first-order valence-electron chi connectivity index (χ1n) is 16.0. The largest absolute Gasteiger partial charge is 0.396 e. The zero-order chi connectivity index (χ0) is 31.3. The van der Waals surface area contributed by atoms with Gasteiger partial charge in [0.25, 0.3) is 0 Å². The highest BCUT2D eigenvalue weighted by molar-refractivity contribution is 5.99. The standard InChI is InChI=1S/C34H48N4O6/c1-4-15-36(19-18-35-20-23-43-24-21-35)32(42)29-34-14-13-33(3,44-34)27(28(34)31(41)38(29)17-9-10-22-39)30(40)37(16-5-2)25-26-11-7-6-8-12-26/h4-8,11-12,27-29,39H,1-2,9-10,13-25H2,3H3/t27-,28+,29?,33+,34?/m1/s1. The molecule has 240 valence electrons. The Labute approximate surface area is 261 Å². The van der Waals surface area contributed by atoms with Crippen LogP contribution >= 0.6 is 0 Å². The first-order valence-corrected chi connectivity index (χ1v) is 16.0. The van der Waals surface area contributed by atoms with Gasteiger partial charge < -0.3 is 29.3 Å². The van der Waals surface area contributed by atoms with Gasteiger partial charge in [-0.2, -0.15) is 0 Å². The lowest BCUT2D eigenvalue weighted by Gasteiger charge is -2.37. The number of benzene rings is 1. The molecule has 3 amide bonds. The van der Waals surface area contributed by atoms with Crippen molar-refractivity contribution in [2.75, 3.05) is 65.6 Å². The summed E-state index contributed by atoms with van der Waals surface area (Å²) < 4.78 is 12.3. The highest BCUT2D eigenvalue weighted by atomic mass is 16.5. The van der Waals surface area contributed by atoms with Gasteiger partial charge in [-0.15, -0.1) is 13.2 Å². The minimum Gasteiger partial charge on any atom is -0.396 e. The van der Waals surface area contributed by atoms with Crippen LogP contribution in [-0.2, 0) is 30.4 Å². The van der Waals surface area contributed by atoms with Gasteiger partial charge in [-0.05, 0) is 38.2 Å². The van der Waals surface area contributed by atoms with Gasteiger partial charge in [0.05, 0.1) is 30.7 Å². The van der Waals surface area contributed by atoms with E-state index in [0.717, 1.165) is 18.7 Å². The summed E-state index contributed by atoms with van der Waals surface area (Å²) in [6.45, 7) is 15.3. The number of aliphatic hydroxyl groups excluding tert-OH is 1. The molecule has 1 spiro atoms. The van der Waals surface area contributed by atoms with E-state index in [9.17, 15) is 19.5 Å². The normalized spacial score (nSPS) is 29.5. The van der Waals surface area contributed by atoms with E-state index < -0.39 is 29.1 Å². The molecular formula is C34H48N4O6. The molecule has 0 aliphatic carbocycles. The Hall–Kier alpha value is -3.05. The molecule has 4 saturated heterocycles. The Kier molecular flexibility index (Phi) is 10.2. The van der Waals surface area contributed by atoms with Gasteiger partial charge in [0.1, 0.15) is 11.6 Å². The number of carbonyl (C=O) groups excluding carboxylic acids is 3. The fourth-order valence-corrected chi connectivity index (χ4v) is 7.81. The monoisotopic (exact) mass is 608 g/mol. The quantitative estimate of drug-likeness (QED) is 0.240. The van der Waals surface area contributed by atoms with Crippen LogP contribution in [0.2, 0.25) is 0 Å².